The Morgan fingerprint density at radius 3 is 2.29 bits per heavy atom. The predicted octanol–water partition coefficient (Wildman–Crippen LogP) is 7.89. The van der Waals surface area contributed by atoms with Crippen LogP contribution >= 0.6 is 34.8 Å². The monoisotopic (exact) mass is 761 g/mol. The normalized spacial score (nSPS) is 14.3. The number of nitrogens with zero attached hydrogens (tertiary/aromatic N) is 4. The second-order valence-electron chi connectivity index (χ2n) is 13.2. The number of aldehydes is 1. The van der Waals surface area contributed by atoms with Gasteiger partial charge in [-0.2, -0.15) is 0 Å². The number of carbonyl (C=O) groups is 3. The first-order valence-corrected chi connectivity index (χ1v) is 17.5. The van der Waals surface area contributed by atoms with E-state index in [1.165, 1.54) is 17.7 Å². The van der Waals surface area contributed by atoms with Gasteiger partial charge in [0.15, 0.2) is 6.29 Å². The zero-order valence-corrected chi connectivity index (χ0v) is 31.0. The van der Waals surface area contributed by atoms with Gasteiger partial charge >= 0.3 is 6.09 Å². The predicted molar refractivity (Wildman–Crippen MR) is 200 cm³/mol. The molecule has 0 saturated carbocycles. The molecule has 1 fully saturated rings. The van der Waals surface area contributed by atoms with Gasteiger partial charge in [-0.3, -0.25) is 18.8 Å². The van der Waals surface area contributed by atoms with Crippen LogP contribution in [-0.2, 0) is 16.1 Å². The standard InChI is InChI=1S/C38H34Cl3N5O6/c1-38(2,3)52-37(50)45(19-23-12-14-31(48)42-23)18-22-11-13-29(43-35(22)51-4)27-10-6-9-26(33(27)40)25-8-5-7-24(32(25)39)21-15-16-46-30(17-21)44-34(41)28(20-47)36(46)49/h5-11,13,15-17,20,23H,12,14,18-19H2,1-4H3,(H,42,48)/t23-/m0/s1. The minimum absolute atomic E-state index is 0.0470. The molecule has 0 unspecified atom stereocenters. The van der Waals surface area contributed by atoms with Crippen LogP contribution in [0.2, 0.25) is 15.2 Å². The molecule has 11 nitrogen and oxygen atoms in total. The first-order valence-electron chi connectivity index (χ1n) is 16.3. The van der Waals surface area contributed by atoms with E-state index in [1.807, 2.05) is 42.5 Å². The molecule has 6 rings (SSSR count). The smallest absolute Gasteiger partial charge is 0.410 e. The third kappa shape index (κ3) is 7.62. The molecule has 0 aliphatic carbocycles. The number of hydrogen-bond acceptors (Lipinski definition) is 8. The molecule has 1 N–H and O–H groups in total. The Hall–Kier alpha value is -4.97. The number of benzene rings is 2. The maximum absolute atomic E-state index is 13.3. The Labute approximate surface area is 314 Å². The lowest BCUT2D eigenvalue weighted by Gasteiger charge is -2.29. The number of halogens is 3. The van der Waals surface area contributed by atoms with Crippen LogP contribution in [-0.4, -0.2) is 62.9 Å². The zero-order chi connectivity index (χ0) is 37.3. The number of methoxy groups -OCH3 is 1. The summed E-state index contributed by atoms with van der Waals surface area (Å²) < 4.78 is 12.6. The number of ether oxygens (including phenoxy) is 2. The largest absolute Gasteiger partial charge is 0.481 e. The van der Waals surface area contributed by atoms with Crippen molar-refractivity contribution in [3.63, 3.8) is 0 Å². The fourth-order valence-corrected chi connectivity index (χ4v) is 6.90. The lowest BCUT2D eigenvalue weighted by molar-refractivity contribution is -0.119. The number of carbonyl (C=O) groups excluding carboxylic acids is 3. The van der Waals surface area contributed by atoms with Crippen LogP contribution in [0.25, 0.3) is 39.2 Å². The molecule has 4 heterocycles. The molecule has 1 aliphatic heterocycles. The molecule has 14 heteroatoms. The number of hydrogen-bond donors (Lipinski definition) is 1. The van der Waals surface area contributed by atoms with Crippen molar-refractivity contribution in [1.29, 1.82) is 0 Å². The van der Waals surface area contributed by atoms with Crippen molar-refractivity contribution in [1.82, 2.24) is 24.6 Å². The Kier molecular flexibility index (Phi) is 10.6. The molecular weight excluding hydrogens is 729 g/mol. The second-order valence-corrected chi connectivity index (χ2v) is 14.4. The summed E-state index contributed by atoms with van der Waals surface area (Å²) in [5, 5.41) is 3.54. The molecule has 268 valence electrons. The molecule has 52 heavy (non-hydrogen) atoms. The SMILES string of the molecule is COc1nc(-c2cccc(-c3cccc(-c4ccn5c(=O)c(C=O)c(Cl)nc5c4)c3Cl)c2Cl)ccc1CN(C[C@@H]1CCC(=O)N1)C(=O)OC(C)(C)C. The van der Waals surface area contributed by atoms with Gasteiger partial charge in [0.1, 0.15) is 22.0 Å². The van der Waals surface area contributed by atoms with E-state index in [-0.39, 0.29) is 41.4 Å². The first-order chi connectivity index (χ1) is 24.8. The van der Waals surface area contributed by atoms with Crippen molar-refractivity contribution in [2.75, 3.05) is 13.7 Å². The van der Waals surface area contributed by atoms with Crippen LogP contribution in [0, 0.1) is 0 Å². The highest BCUT2D eigenvalue weighted by atomic mass is 35.5. The van der Waals surface area contributed by atoms with Gasteiger partial charge in [0.25, 0.3) is 5.56 Å². The van der Waals surface area contributed by atoms with Gasteiger partial charge in [-0.1, -0.05) is 71.2 Å². The van der Waals surface area contributed by atoms with Gasteiger partial charge in [0, 0.05) is 53.0 Å². The van der Waals surface area contributed by atoms with Crippen molar-refractivity contribution in [3.8, 4) is 39.4 Å². The maximum Gasteiger partial charge on any atom is 0.410 e. The van der Waals surface area contributed by atoms with Crippen LogP contribution in [0.15, 0.2) is 71.7 Å². The van der Waals surface area contributed by atoms with Gasteiger partial charge in [0.05, 0.1) is 29.4 Å². The lowest BCUT2D eigenvalue weighted by atomic mass is 9.97. The third-order valence-corrected chi connectivity index (χ3v) is 9.58. The minimum atomic E-state index is -0.714. The number of fused-ring (bicyclic) bond motifs is 1. The number of amides is 2. The summed E-state index contributed by atoms with van der Waals surface area (Å²) in [5.41, 5.74) is 3.17. The van der Waals surface area contributed by atoms with E-state index in [9.17, 15) is 19.2 Å². The average Bonchev–Trinajstić information content (AvgIpc) is 3.52. The summed E-state index contributed by atoms with van der Waals surface area (Å²) in [5.74, 6) is 0.252. The van der Waals surface area contributed by atoms with Crippen molar-refractivity contribution in [3.05, 3.63) is 104 Å². The van der Waals surface area contributed by atoms with Gasteiger partial charge in [-0.05, 0) is 57.0 Å². The molecule has 2 aromatic carbocycles. The minimum Gasteiger partial charge on any atom is -0.481 e. The Bertz CT molecular complexity index is 2290. The Morgan fingerprint density at radius 1 is 0.981 bits per heavy atom. The van der Waals surface area contributed by atoms with Crippen LogP contribution in [0.5, 0.6) is 5.88 Å². The van der Waals surface area contributed by atoms with E-state index >= 15 is 0 Å². The van der Waals surface area contributed by atoms with Crippen LogP contribution < -0.4 is 15.6 Å². The molecule has 1 saturated heterocycles. The number of nitrogens with one attached hydrogen (secondary N) is 1. The Morgan fingerprint density at radius 2 is 1.65 bits per heavy atom. The first kappa shape index (κ1) is 36.8. The lowest BCUT2D eigenvalue weighted by Crippen LogP contribution is -2.43. The summed E-state index contributed by atoms with van der Waals surface area (Å²) in [6, 6.07) is 17.9. The van der Waals surface area contributed by atoms with Crippen molar-refractivity contribution in [2.45, 2.75) is 51.8 Å². The summed E-state index contributed by atoms with van der Waals surface area (Å²) in [6.45, 7) is 5.79. The fraction of sp³-hybridized carbons (Fsp3) is 0.263. The van der Waals surface area contributed by atoms with E-state index < -0.39 is 17.3 Å². The molecule has 1 aliphatic rings. The maximum atomic E-state index is 13.3. The van der Waals surface area contributed by atoms with E-state index in [4.69, 9.17) is 49.3 Å². The molecule has 5 aromatic rings. The Balaban J connectivity index is 1.32. The molecule has 0 spiro atoms. The summed E-state index contributed by atoms with van der Waals surface area (Å²) in [4.78, 5) is 59.7. The average molecular weight is 763 g/mol. The van der Waals surface area contributed by atoms with Gasteiger partial charge in [-0.15, -0.1) is 0 Å². The quantitative estimate of drug-likeness (QED) is 0.119. The molecular formula is C38H34Cl3N5O6. The van der Waals surface area contributed by atoms with E-state index in [2.05, 4.69) is 10.3 Å². The molecule has 3 aromatic heterocycles. The third-order valence-electron chi connectivity index (χ3n) is 8.48. The second kappa shape index (κ2) is 14.9. The van der Waals surface area contributed by atoms with Crippen LogP contribution in [0.3, 0.4) is 0 Å². The zero-order valence-electron chi connectivity index (χ0n) is 28.7. The summed E-state index contributed by atoms with van der Waals surface area (Å²) >= 11 is 20.2. The van der Waals surface area contributed by atoms with Crippen LogP contribution in [0.4, 0.5) is 4.79 Å². The van der Waals surface area contributed by atoms with E-state index in [0.717, 1.165) is 0 Å². The molecule has 0 radical (unpaired) electrons. The summed E-state index contributed by atoms with van der Waals surface area (Å²) in [6.07, 6.45) is 2.41. The van der Waals surface area contributed by atoms with Gasteiger partial charge < -0.3 is 19.7 Å². The van der Waals surface area contributed by atoms with Gasteiger partial charge in [-0.25, -0.2) is 14.8 Å². The van der Waals surface area contributed by atoms with Crippen molar-refractivity contribution >= 4 is 58.7 Å². The van der Waals surface area contributed by atoms with Gasteiger partial charge in [0.2, 0.25) is 11.8 Å². The van der Waals surface area contributed by atoms with Crippen molar-refractivity contribution in [2.24, 2.45) is 0 Å². The summed E-state index contributed by atoms with van der Waals surface area (Å²) in [7, 11) is 1.50. The van der Waals surface area contributed by atoms with Crippen LogP contribution in [0.1, 0.15) is 49.5 Å². The number of aromatic nitrogens is 3. The highest BCUT2D eigenvalue weighted by molar-refractivity contribution is 6.39. The highest BCUT2D eigenvalue weighted by Gasteiger charge is 2.29. The van der Waals surface area contributed by atoms with E-state index in [0.29, 0.717) is 74.1 Å². The molecule has 0 bridgehead atoms. The van der Waals surface area contributed by atoms with E-state index in [1.54, 1.807) is 43.9 Å². The molecule has 1 atom stereocenters. The number of rotatable bonds is 9. The van der Waals surface area contributed by atoms with Crippen molar-refractivity contribution < 1.29 is 23.9 Å². The number of pyridine rings is 2. The molecule has 2 amide bonds. The highest BCUT2D eigenvalue weighted by Crippen LogP contribution is 2.42. The topological polar surface area (TPSA) is 132 Å². The fourth-order valence-electron chi connectivity index (χ4n) is 6.02.